The van der Waals surface area contributed by atoms with Gasteiger partial charge in [-0.15, -0.1) is 5.10 Å². The van der Waals surface area contributed by atoms with Gasteiger partial charge in [0.05, 0.1) is 12.7 Å². The number of aromatic nitrogens is 4. The molecule has 0 bridgehead atoms. The van der Waals surface area contributed by atoms with Gasteiger partial charge in [-0.25, -0.2) is 9.48 Å². The van der Waals surface area contributed by atoms with Crippen LogP contribution in [-0.4, -0.2) is 33.3 Å². The molecular formula is C12H14N4O2. The SMILES string of the molecule is COC(=O)c1ccccc1CCn1nnnc1C. The van der Waals surface area contributed by atoms with Crippen LogP contribution in [-0.2, 0) is 17.7 Å². The number of rotatable bonds is 4. The van der Waals surface area contributed by atoms with Crippen molar-refractivity contribution in [2.45, 2.75) is 19.9 Å². The van der Waals surface area contributed by atoms with Gasteiger partial charge in [0.1, 0.15) is 5.82 Å². The number of tetrazole rings is 1. The van der Waals surface area contributed by atoms with E-state index in [1.165, 1.54) is 7.11 Å². The Morgan fingerprint density at radius 2 is 2.17 bits per heavy atom. The lowest BCUT2D eigenvalue weighted by Gasteiger charge is -2.07. The van der Waals surface area contributed by atoms with Gasteiger partial charge in [-0.2, -0.15) is 0 Å². The summed E-state index contributed by atoms with van der Waals surface area (Å²) in [6.07, 6.45) is 0.678. The van der Waals surface area contributed by atoms with Crippen LogP contribution in [0.5, 0.6) is 0 Å². The molecule has 0 N–H and O–H groups in total. The van der Waals surface area contributed by atoms with Gasteiger partial charge in [-0.05, 0) is 35.4 Å². The second kappa shape index (κ2) is 5.39. The van der Waals surface area contributed by atoms with Gasteiger partial charge in [-0.3, -0.25) is 0 Å². The number of hydrogen-bond donors (Lipinski definition) is 0. The zero-order chi connectivity index (χ0) is 13.0. The van der Waals surface area contributed by atoms with E-state index >= 15 is 0 Å². The van der Waals surface area contributed by atoms with Gasteiger partial charge < -0.3 is 4.74 Å². The normalized spacial score (nSPS) is 10.3. The van der Waals surface area contributed by atoms with E-state index in [-0.39, 0.29) is 5.97 Å². The van der Waals surface area contributed by atoms with Crippen molar-refractivity contribution in [2.75, 3.05) is 7.11 Å². The number of carbonyl (C=O) groups is 1. The molecule has 0 saturated heterocycles. The standard InChI is InChI=1S/C12H14N4O2/c1-9-13-14-15-16(9)8-7-10-5-3-4-6-11(10)12(17)18-2/h3-6H,7-8H2,1-2H3. The number of carbonyl (C=O) groups excluding carboxylic acids is 1. The maximum absolute atomic E-state index is 11.6. The summed E-state index contributed by atoms with van der Waals surface area (Å²) in [5, 5.41) is 11.3. The zero-order valence-corrected chi connectivity index (χ0v) is 10.3. The highest BCUT2D eigenvalue weighted by atomic mass is 16.5. The summed E-state index contributed by atoms with van der Waals surface area (Å²) < 4.78 is 6.45. The molecule has 0 fully saturated rings. The molecule has 2 rings (SSSR count). The lowest BCUT2D eigenvalue weighted by atomic mass is 10.0. The third-order valence-electron chi connectivity index (χ3n) is 2.73. The highest BCUT2D eigenvalue weighted by Crippen LogP contribution is 2.11. The number of esters is 1. The van der Waals surface area contributed by atoms with Crippen LogP contribution in [0.15, 0.2) is 24.3 Å². The van der Waals surface area contributed by atoms with Crippen molar-refractivity contribution in [2.24, 2.45) is 0 Å². The van der Waals surface area contributed by atoms with E-state index in [2.05, 4.69) is 15.5 Å². The van der Waals surface area contributed by atoms with Gasteiger partial charge in [-0.1, -0.05) is 18.2 Å². The van der Waals surface area contributed by atoms with Crippen molar-refractivity contribution in [3.8, 4) is 0 Å². The minimum atomic E-state index is -0.320. The molecule has 1 heterocycles. The smallest absolute Gasteiger partial charge is 0.338 e. The summed E-state index contributed by atoms with van der Waals surface area (Å²) >= 11 is 0. The third-order valence-corrected chi connectivity index (χ3v) is 2.73. The van der Waals surface area contributed by atoms with Crippen LogP contribution in [0.1, 0.15) is 21.7 Å². The first-order valence-electron chi connectivity index (χ1n) is 5.61. The van der Waals surface area contributed by atoms with E-state index in [4.69, 9.17) is 4.74 Å². The highest BCUT2D eigenvalue weighted by molar-refractivity contribution is 5.90. The second-order valence-corrected chi connectivity index (χ2v) is 3.85. The van der Waals surface area contributed by atoms with E-state index in [9.17, 15) is 4.79 Å². The number of benzene rings is 1. The molecule has 18 heavy (non-hydrogen) atoms. The summed E-state index contributed by atoms with van der Waals surface area (Å²) in [6, 6.07) is 7.38. The van der Waals surface area contributed by atoms with Crippen LogP contribution >= 0.6 is 0 Å². The third kappa shape index (κ3) is 2.53. The van der Waals surface area contributed by atoms with E-state index < -0.39 is 0 Å². The molecular weight excluding hydrogens is 232 g/mol. The largest absolute Gasteiger partial charge is 0.465 e. The summed E-state index contributed by atoms with van der Waals surface area (Å²) in [5.41, 5.74) is 1.52. The molecule has 1 aromatic heterocycles. The average molecular weight is 246 g/mol. The molecule has 0 spiro atoms. The first-order valence-corrected chi connectivity index (χ1v) is 5.61. The number of methoxy groups -OCH3 is 1. The maximum atomic E-state index is 11.6. The molecule has 2 aromatic rings. The van der Waals surface area contributed by atoms with Crippen molar-refractivity contribution >= 4 is 5.97 Å². The summed E-state index contributed by atoms with van der Waals surface area (Å²) in [4.78, 5) is 11.6. The van der Waals surface area contributed by atoms with Gasteiger partial charge in [0.2, 0.25) is 0 Å². The Morgan fingerprint density at radius 1 is 1.39 bits per heavy atom. The van der Waals surface area contributed by atoms with Crippen LogP contribution < -0.4 is 0 Å². The molecule has 0 atom stereocenters. The molecule has 0 unspecified atom stereocenters. The van der Waals surface area contributed by atoms with Crippen molar-refractivity contribution in [1.82, 2.24) is 20.2 Å². The van der Waals surface area contributed by atoms with Crippen LogP contribution in [0.2, 0.25) is 0 Å². The zero-order valence-electron chi connectivity index (χ0n) is 10.3. The molecule has 6 heteroatoms. The highest BCUT2D eigenvalue weighted by Gasteiger charge is 2.11. The minimum Gasteiger partial charge on any atom is -0.465 e. The lowest BCUT2D eigenvalue weighted by Crippen LogP contribution is -2.10. The number of nitrogens with zero attached hydrogens (tertiary/aromatic N) is 4. The fourth-order valence-corrected chi connectivity index (χ4v) is 1.73. The predicted octanol–water partition coefficient (Wildman–Crippen LogP) is 1.01. The summed E-state index contributed by atoms with van der Waals surface area (Å²) in [6.45, 7) is 2.47. The fourth-order valence-electron chi connectivity index (χ4n) is 1.73. The topological polar surface area (TPSA) is 69.9 Å². The Balaban J connectivity index is 2.14. The molecule has 0 aliphatic heterocycles. The monoisotopic (exact) mass is 246 g/mol. The lowest BCUT2D eigenvalue weighted by molar-refractivity contribution is 0.0599. The Hall–Kier alpha value is -2.24. The van der Waals surface area contributed by atoms with E-state index in [0.29, 0.717) is 18.5 Å². The molecule has 0 amide bonds. The van der Waals surface area contributed by atoms with Crippen LogP contribution in [0, 0.1) is 6.92 Å². The average Bonchev–Trinajstić information content (AvgIpc) is 2.81. The van der Waals surface area contributed by atoms with Crippen molar-refractivity contribution in [1.29, 1.82) is 0 Å². The van der Waals surface area contributed by atoms with Gasteiger partial charge in [0.15, 0.2) is 0 Å². The predicted molar refractivity (Wildman–Crippen MR) is 64.0 cm³/mol. The Kier molecular flexibility index (Phi) is 3.66. The Labute approximate surface area is 105 Å². The van der Waals surface area contributed by atoms with E-state index in [1.807, 2.05) is 25.1 Å². The first kappa shape index (κ1) is 12.2. The summed E-state index contributed by atoms with van der Waals surface area (Å²) in [7, 11) is 1.38. The fraction of sp³-hybridized carbons (Fsp3) is 0.333. The second-order valence-electron chi connectivity index (χ2n) is 3.85. The first-order chi connectivity index (χ1) is 8.72. The van der Waals surface area contributed by atoms with Gasteiger partial charge in [0, 0.05) is 6.54 Å². The molecule has 0 radical (unpaired) electrons. The summed E-state index contributed by atoms with van der Waals surface area (Å²) in [5.74, 6) is 0.435. The molecule has 1 aromatic carbocycles. The molecule has 94 valence electrons. The van der Waals surface area contributed by atoms with Crippen LogP contribution in [0.4, 0.5) is 0 Å². The van der Waals surface area contributed by atoms with Crippen LogP contribution in [0.3, 0.4) is 0 Å². The van der Waals surface area contributed by atoms with Crippen LogP contribution in [0.25, 0.3) is 0 Å². The van der Waals surface area contributed by atoms with Gasteiger partial charge >= 0.3 is 5.97 Å². The van der Waals surface area contributed by atoms with Crippen molar-refractivity contribution < 1.29 is 9.53 Å². The van der Waals surface area contributed by atoms with Crippen molar-refractivity contribution in [3.05, 3.63) is 41.2 Å². The number of hydrogen-bond acceptors (Lipinski definition) is 5. The van der Waals surface area contributed by atoms with Crippen molar-refractivity contribution in [3.63, 3.8) is 0 Å². The van der Waals surface area contributed by atoms with E-state index in [1.54, 1.807) is 10.7 Å². The molecule has 6 nitrogen and oxygen atoms in total. The Morgan fingerprint density at radius 3 is 2.83 bits per heavy atom. The molecule has 0 saturated carbocycles. The quantitative estimate of drug-likeness (QED) is 0.753. The number of aryl methyl sites for hydroxylation is 3. The number of ether oxygens (including phenoxy) is 1. The van der Waals surface area contributed by atoms with Gasteiger partial charge in [0.25, 0.3) is 0 Å². The molecule has 0 aliphatic carbocycles. The Bertz CT molecular complexity index is 551. The minimum absolute atomic E-state index is 0.320. The van der Waals surface area contributed by atoms with E-state index in [0.717, 1.165) is 11.4 Å². The maximum Gasteiger partial charge on any atom is 0.338 e. The molecule has 0 aliphatic rings.